The second kappa shape index (κ2) is 4.77. The number of fused-ring (bicyclic) bond motifs is 1. The molecular formula is C15H11F2N3. The first kappa shape index (κ1) is 12.3. The van der Waals surface area contributed by atoms with Crippen molar-refractivity contribution in [3.63, 3.8) is 0 Å². The highest BCUT2D eigenvalue weighted by Gasteiger charge is 2.08. The minimum absolute atomic E-state index is 0.297. The van der Waals surface area contributed by atoms with Crippen LogP contribution >= 0.6 is 0 Å². The van der Waals surface area contributed by atoms with Crippen LogP contribution in [-0.2, 0) is 0 Å². The molecule has 0 amide bonds. The number of hydrogen-bond donors (Lipinski definition) is 2. The third-order valence-corrected chi connectivity index (χ3v) is 2.94. The van der Waals surface area contributed by atoms with Gasteiger partial charge in [-0.1, -0.05) is 18.2 Å². The summed E-state index contributed by atoms with van der Waals surface area (Å²) in [5.41, 5.74) is 7.94. The van der Waals surface area contributed by atoms with Crippen molar-refractivity contribution in [1.82, 2.24) is 4.98 Å². The number of aromatic nitrogens is 1. The summed E-state index contributed by atoms with van der Waals surface area (Å²) in [4.78, 5) is 4.20. The number of halogens is 2. The minimum atomic E-state index is -0.649. The van der Waals surface area contributed by atoms with E-state index in [-0.39, 0.29) is 0 Å². The molecule has 0 radical (unpaired) electrons. The van der Waals surface area contributed by atoms with Gasteiger partial charge in [0.25, 0.3) is 0 Å². The zero-order chi connectivity index (χ0) is 14.1. The van der Waals surface area contributed by atoms with E-state index in [2.05, 4.69) is 10.3 Å². The van der Waals surface area contributed by atoms with Gasteiger partial charge in [0.05, 0.1) is 23.1 Å². The van der Waals surface area contributed by atoms with Crippen LogP contribution in [0, 0.1) is 11.6 Å². The van der Waals surface area contributed by atoms with Crippen molar-refractivity contribution in [1.29, 1.82) is 0 Å². The van der Waals surface area contributed by atoms with Crippen LogP contribution in [0.2, 0.25) is 0 Å². The summed E-state index contributed by atoms with van der Waals surface area (Å²) in [6, 6.07) is 10.6. The molecule has 2 aromatic carbocycles. The molecule has 3 aromatic rings. The summed E-state index contributed by atoms with van der Waals surface area (Å²) >= 11 is 0. The predicted octanol–water partition coefficient (Wildman–Crippen LogP) is 3.84. The van der Waals surface area contributed by atoms with E-state index in [0.29, 0.717) is 17.1 Å². The van der Waals surface area contributed by atoms with Gasteiger partial charge in [0.1, 0.15) is 11.6 Å². The smallest absolute Gasteiger partial charge is 0.128 e. The number of rotatable bonds is 2. The van der Waals surface area contributed by atoms with Gasteiger partial charge in [0.2, 0.25) is 0 Å². The third kappa shape index (κ3) is 2.25. The first-order valence-electron chi connectivity index (χ1n) is 6.00. The number of nitrogens with one attached hydrogen (secondary N) is 1. The number of anilines is 3. The molecule has 0 aliphatic rings. The summed E-state index contributed by atoms with van der Waals surface area (Å²) < 4.78 is 26.4. The third-order valence-electron chi connectivity index (χ3n) is 2.94. The number of pyridine rings is 1. The molecule has 0 saturated heterocycles. The van der Waals surface area contributed by atoms with E-state index in [1.165, 1.54) is 18.3 Å². The Morgan fingerprint density at radius 2 is 1.70 bits per heavy atom. The minimum Gasteiger partial charge on any atom is -0.396 e. The maximum absolute atomic E-state index is 13.2. The summed E-state index contributed by atoms with van der Waals surface area (Å²) in [5.74, 6) is -1.30. The molecule has 100 valence electrons. The molecular weight excluding hydrogens is 260 g/mol. The fourth-order valence-electron chi connectivity index (χ4n) is 2.07. The molecule has 0 saturated carbocycles. The fraction of sp³-hybridized carbons (Fsp3) is 0. The van der Waals surface area contributed by atoms with Gasteiger partial charge < -0.3 is 11.1 Å². The van der Waals surface area contributed by atoms with Gasteiger partial charge in [-0.05, 0) is 18.2 Å². The number of nitrogens with zero attached hydrogens (tertiary/aromatic N) is 1. The fourth-order valence-corrected chi connectivity index (χ4v) is 2.07. The van der Waals surface area contributed by atoms with E-state index in [4.69, 9.17) is 5.73 Å². The Labute approximate surface area is 114 Å². The topological polar surface area (TPSA) is 50.9 Å². The van der Waals surface area contributed by atoms with E-state index in [1.54, 1.807) is 0 Å². The Morgan fingerprint density at radius 1 is 1.00 bits per heavy atom. The molecule has 0 bridgehead atoms. The lowest BCUT2D eigenvalue weighted by molar-refractivity contribution is 0.584. The molecule has 3 N–H and O–H groups in total. The van der Waals surface area contributed by atoms with E-state index < -0.39 is 11.6 Å². The number of nitrogen functional groups attached to an aromatic ring is 1. The van der Waals surface area contributed by atoms with Gasteiger partial charge in [-0.3, -0.25) is 4.98 Å². The number of hydrogen-bond acceptors (Lipinski definition) is 3. The molecule has 0 fully saturated rings. The highest BCUT2D eigenvalue weighted by atomic mass is 19.1. The lowest BCUT2D eigenvalue weighted by Gasteiger charge is -2.12. The average Bonchev–Trinajstić information content (AvgIpc) is 2.41. The van der Waals surface area contributed by atoms with Gasteiger partial charge in [-0.25, -0.2) is 8.78 Å². The monoisotopic (exact) mass is 271 g/mol. The van der Waals surface area contributed by atoms with Gasteiger partial charge in [-0.2, -0.15) is 0 Å². The predicted molar refractivity (Wildman–Crippen MR) is 75.8 cm³/mol. The molecule has 0 aliphatic carbocycles. The normalized spacial score (nSPS) is 10.7. The van der Waals surface area contributed by atoms with Crippen molar-refractivity contribution in [3.8, 4) is 0 Å². The van der Waals surface area contributed by atoms with Crippen LogP contribution in [0.1, 0.15) is 0 Å². The summed E-state index contributed by atoms with van der Waals surface area (Å²) in [6.45, 7) is 0. The molecule has 3 rings (SSSR count). The first-order valence-corrected chi connectivity index (χ1v) is 6.00. The molecule has 1 heterocycles. The standard InChI is InChI=1S/C15H11F2N3/c16-9-5-10(17)7-11(6-9)20-15-12-3-1-2-4-14(12)19-8-13(15)18/h1-8H,18H2,(H,19,20). The van der Waals surface area contributed by atoms with Crippen LogP contribution in [0.15, 0.2) is 48.7 Å². The van der Waals surface area contributed by atoms with Crippen LogP contribution in [0.5, 0.6) is 0 Å². The SMILES string of the molecule is Nc1cnc2ccccc2c1Nc1cc(F)cc(F)c1. The van der Waals surface area contributed by atoms with Crippen molar-refractivity contribution in [3.05, 3.63) is 60.3 Å². The van der Waals surface area contributed by atoms with E-state index in [9.17, 15) is 8.78 Å². The summed E-state index contributed by atoms with van der Waals surface area (Å²) in [7, 11) is 0. The van der Waals surface area contributed by atoms with Crippen molar-refractivity contribution in [2.24, 2.45) is 0 Å². The van der Waals surface area contributed by atoms with E-state index in [1.807, 2.05) is 24.3 Å². The van der Waals surface area contributed by atoms with Gasteiger partial charge in [0, 0.05) is 17.1 Å². The molecule has 3 nitrogen and oxygen atoms in total. The van der Waals surface area contributed by atoms with Crippen molar-refractivity contribution >= 4 is 28.0 Å². The second-order valence-corrected chi connectivity index (χ2v) is 4.39. The maximum Gasteiger partial charge on any atom is 0.128 e. The van der Waals surface area contributed by atoms with Crippen LogP contribution in [-0.4, -0.2) is 4.98 Å². The largest absolute Gasteiger partial charge is 0.396 e. The first-order chi connectivity index (χ1) is 9.63. The molecule has 0 spiro atoms. The molecule has 5 heteroatoms. The zero-order valence-electron chi connectivity index (χ0n) is 10.4. The second-order valence-electron chi connectivity index (χ2n) is 4.39. The van der Waals surface area contributed by atoms with Crippen molar-refractivity contribution in [2.45, 2.75) is 0 Å². The van der Waals surface area contributed by atoms with Gasteiger partial charge in [-0.15, -0.1) is 0 Å². The van der Waals surface area contributed by atoms with Crippen LogP contribution in [0.3, 0.4) is 0 Å². The zero-order valence-corrected chi connectivity index (χ0v) is 10.4. The number of nitrogens with two attached hydrogens (primary N) is 1. The van der Waals surface area contributed by atoms with Crippen LogP contribution in [0.25, 0.3) is 10.9 Å². The summed E-state index contributed by atoms with van der Waals surface area (Å²) in [6.07, 6.45) is 1.51. The average molecular weight is 271 g/mol. The summed E-state index contributed by atoms with van der Waals surface area (Å²) in [5, 5.41) is 3.74. The molecule has 0 atom stereocenters. The Morgan fingerprint density at radius 3 is 2.45 bits per heavy atom. The van der Waals surface area contributed by atoms with Crippen molar-refractivity contribution < 1.29 is 8.78 Å². The Bertz CT molecular complexity index is 767. The highest BCUT2D eigenvalue weighted by molar-refractivity contribution is 5.98. The number of benzene rings is 2. The van der Waals surface area contributed by atoms with Crippen LogP contribution < -0.4 is 11.1 Å². The molecule has 20 heavy (non-hydrogen) atoms. The maximum atomic E-state index is 13.2. The Kier molecular flexibility index (Phi) is 2.95. The van der Waals surface area contributed by atoms with E-state index >= 15 is 0 Å². The molecule has 1 aromatic heterocycles. The lowest BCUT2D eigenvalue weighted by Crippen LogP contribution is -1.99. The van der Waals surface area contributed by atoms with Crippen molar-refractivity contribution in [2.75, 3.05) is 11.1 Å². The Balaban J connectivity index is 2.12. The highest BCUT2D eigenvalue weighted by Crippen LogP contribution is 2.30. The van der Waals surface area contributed by atoms with E-state index in [0.717, 1.165) is 17.0 Å². The van der Waals surface area contributed by atoms with Crippen LogP contribution in [0.4, 0.5) is 25.8 Å². The lowest BCUT2D eigenvalue weighted by atomic mass is 10.1. The molecule has 0 aliphatic heterocycles. The Hall–Kier alpha value is -2.69. The van der Waals surface area contributed by atoms with Gasteiger partial charge in [0.15, 0.2) is 0 Å². The quantitative estimate of drug-likeness (QED) is 0.744. The van der Waals surface area contributed by atoms with Gasteiger partial charge >= 0.3 is 0 Å². The molecule has 0 unspecified atom stereocenters. The number of para-hydroxylation sites is 1.